The monoisotopic (exact) mass is 533 g/mol. The molecule has 5 rings (SSSR count). The summed E-state index contributed by atoms with van der Waals surface area (Å²) in [6.07, 6.45) is 4.58. The molecule has 12 heteroatoms. The molecule has 0 unspecified atom stereocenters. The summed E-state index contributed by atoms with van der Waals surface area (Å²) in [6, 6.07) is 11.2. The molecule has 10 nitrogen and oxygen atoms in total. The van der Waals surface area contributed by atoms with Gasteiger partial charge in [-0.15, -0.1) is 11.3 Å². The maximum absolute atomic E-state index is 13.0. The number of hydrogen-bond donors (Lipinski definition) is 1. The van der Waals surface area contributed by atoms with Crippen molar-refractivity contribution >= 4 is 68.5 Å². The molecule has 2 atom stereocenters. The van der Waals surface area contributed by atoms with E-state index in [9.17, 15) is 24.5 Å². The van der Waals surface area contributed by atoms with Crippen LogP contribution in [0.4, 0.5) is 11.4 Å². The first-order chi connectivity index (χ1) is 17.8. The van der Waals surface area contributed by atoms with Gasteiger partial charge in [0, 0.05) is 6.07 Å². The van der Waals surface area contributed by atoms with Crippen LogP contribution in [0.2, 0.25) is 0 Å². The van der Waals surface area contributed by atoms with Crippen LogP contribution in [-0.2, 0) is 14.4 Å². The average Bonchev–Trinajstić information content (AvgIpc) is 3.40. The number of anilines is 1. The first-order valence-electron chi connectivity index (χ1n) is 11.4. The number of aromatic nitrogens is 1. The summed E-state index contributed by atoms with van der Waals surface area (Å²) in [6.45, 7) is 0. The Hall–Kier alpha value is -4.08. The fraction of sp³-hybridized carbons (Fsp3) is 0.240. The zero-order valence-electron chi connectivity index (χ0n) is 19.2. The molecule has 2 fully saturated rings. The van der Waals surface area contributed by atoms with E-state index in [1.807, 2.05) is 0 Å². The number of nitro benzene ring substituents is 1. The second-order valence-electron chi connectivity index (χ2n) is 8.76. The molecule has 2 aromatic carbocycles. The van der Waals surface area contributed by atoms with E-state index in [1.54, 1.807) is 30.3 Å². The molecule has 0 radical (unpaired) electrons. The van der Waals surface area contributed by atoms with Crippen LogP contribution in [0.1, 0.15) is 31.2 Å². The lowest BCUT2D eigenvalue weighted by Gasteiger charge is -2.19. The number of imide groups is 1. The molecule has 2 heterocycles. The molecule has 0 spiro atoms. The van der Waals surface area contributed by atoms with Crippen molar-refractivity contribution in [3.63, 3.8) is 0 Å². The van der Waals surface area contributed by atoms with E-state index in [1.165, 1.54) is 34.4 Å². The van der Waals surface area contributed by atoms with E-state index in [0.717, 1.165) is 42.1 Å². The van der Waals surface area contributed by atoms with Gasteiger partial charge in [0.05, 0.1) is 37.6 Å². The van der Waals surface area contributed by atoms with Crippen molar-refractivity contribution in [2.45, 2.75) is 34.9 Å². The molecule has 1 aliphatic carbocycles. The third-order valence-electron chi connectivity index (χ3n) is 6.53. The first kappa shape index (κ1) is 24.6. The highest BCUT2D eigenvalue weighted by Gasteiger charge is 2.48. The Morgan fingerprint density at radius 1 is 1.19 bits per heavy atom. The zero-order chi connectivity index (χ0) is 26.3. The van der Waals surface area contributed by atoms with Crippen molar-refractivity contribution in [3.8, 4) is 6.07 Å². The van der Waals surface area contributed by atoms with Gasteiger partial charge in [-0.1, -0.05) is 30.7 Å². The zero-order valence-corrected chi connectivity index (χ0v) is 20.9. The Bertz CT molecular complexity index is 1530. The molecule has 2 aliphatic rings. The quantitative estimate of drug-likeness (QED) is 0.160. The lowest BCUT2D eigenvalue weighted by atomic mass is 9.81. The topological polar surface area (TPSA) is 160 Å². The average molecular weight is 534 g/mol. The van der Waals surface area contributed by atoms with E-state index in [-0.39, 0.29) is 34.9 Å². The summed E-state index contributed by atoms with van der Waals surface area (Å²) in [5.74, 6) is -1.69. The Balaban J connectivity index is 1.43. The number of hydrogen-bond acceptors (Lipinski definition) is 9. The van der Waals surface area contributed by atoms with Crippen molar-refractivity contribution in [2.24, 2.45) is 17.6 Å². The number of nitro groups is 1. The van der Waals surface area contributed by atoms with Gasteiger partial charge in [-0.2, -0.15) is 5.26 Å². The molecular formula is C25H19N5O5S2. The largest absolute Gasteiger partial charge is 0.365 e. The van der Waals surface area contributed by atoms with Gasteiger partial charge in [-0.3, -0.25) is 29.4 Å². The van der Waals surface area contributed by atoms with Crippen LogP contribution in [0.3, 0.4) is 0 Å². The Morgan fingerprint density at radius 3 is 2.51 bits per heavy atom. The van der Waals surface area contributed by atoms with Crippen molar-refractivity contribution in [1.82, 2.24) is 4.98 Å². The van der Waals surface area contributed by atoms with Crippen molar-refractivity contribution in [2.75, 3.05) is 4.90 Å². The SMILES string of the molecule is N#C/C(=C\c1ccc(Sc2nc3ccc(N4C(=O)[C@H]5CCCC[C@H]5C4=O)cc3s2)c([N+](=O)[O-])c1)C(N)=O. The standard InChI is InChI=1S/C25H19N5O5S2/c26-12-14(22(27)31)9-13-5-8-20(19(10-13)30(34)35)36-25-28-18-7-6-15(11-21(18)37-25)29-23(32)16-3-1-2-4-17(16)24(29)33/h5-11,16-17H,1-4H2,(H2,27,31)/b14-9+/t16-,17+. The fourth-order valence-corrected chi connectivity index (χ4v) is 6.91. The summed E-state index contributed by atoms with van der Waals surface area (Å²) < 4.78 is 1.29. The van der Waals surface area contributed by atoms with Gasteiger partial charge >= 0.3 is 0 Å². The van der Waals surface area contributed by atoms with Crippen LogP contribution in [0.15, 0.2) is 51.2 Å². The molecule has 186 valence electrons. The van der Waals surface area contributed by atoms with Crippen molar-refractivity contribution in [1.29, 1.82) is 5.26 Å². The highest BCUT2D eigenvalue weighted by atomic mass is 32.2. The minimum Gasteiger partial charge on any atom is -0.365 e. The minimum absolute atomic E-state index is 0.145. The Morgan fingerprint density at radius 2 is 1.89 bits per heavy atom. The molecule has 0 bridgehead atoms. The van der Waals surface area contributed by atoms with Crippen LogP contribution in [-0.4, -0.2) is 27.6 Å². The summed E-state index contributed by atoms with van der Waals surface area (Å²) in [5, 5.41) is 20.7. The van der Waals surface area contributed by atoms with Gasteiger partial charge < -0.3 is 5.73 Å². The second-order valence-corrected chi connectivity index (χ2v) is 11.1. The molecular weight excluding hydrogens is 514 g/mol. The number of benzene rings is 2. The highest BCUT2D eigenvalue weighted by molar-refractivity contribution is 8.01. The van der Waals surface area contributed by atoms with Gasteiger partial charge in [-0.05, 0) is 48.7 Å². The maximum atomic E-state index is 13.0. The van der Waals surface area contributed by atoms with E-state index in [0.29, 0.717) is 26.0 Å². The number of nitriles is 1. The number of thiazole rings is 1. The molecule has 37 heavy (non-hydrogen) atoms. The molecule has 2 N–H and O–H groups in total. The number of carbonyl (C=O) groups is 3. The van der Waals surface area contributed by atoms with Gasteiger partial charge in [0.2, 0.25) is 11.8 Å². The highest BCUT2D eigenvalue weighted by Crippen LogP contribution is 2.43. The summed E-state index contributed by atoms with van der Waals surface area (Å²) >= 11 is 2.40. The Kier molecular flexibility index (Phi) is 6.49. The molecule has 1 aromatic heterocycles. The number of amides is 3. The number of fused-ring (bicyclic) bond motifs is 2. The van der Waals surface area contributed by atoms with Gasteiger partial charge in [-0.25, -0.2) is 4.98 Å². The van der Waals surface area contributed by atoms with Crippen LogP contribution >= 0.6 is 23.1 Å². The fourth-order valence-electron chi connectivity index (χ4n) is 4.76. The molecule has 1 saturated carbocycles. The van der Waals surface area contributed by atoms with Crippen molar-refractivity contribution < 1.29 is 19.3 Å². The van der Waals surface area contributed by atoms with E-state index in [4.69, 9.17) is 11.0 Å². The Labute approximate surface area is 218 Å². The third-order valence-corrected chi connectivity index (χ3v) is 8.67. The smallest absolute Gasteiger partial charge is 0.283 e. The lowest BCUT2D eigenvalue weighted by molar-refractivity contribution is -0.387. The van der Waals surface area contributed by atoms with Crippen LogP contribution < -0.4 is 10.6 Å². The van der Waals surface area contributed by atoms with Crippen LogP contribution in [0.25, 0.3) is 16.3 Å². The number of primary amides is 1. The third kappa shape index (κ3) is 4.59. The van der Waals surface area contributed by atoms with Crippen LogP contribution in [0, 0.1) is 33.3 Å². The number of nitrogens with zero attached hydrogens (tertiary/aromatic N) is 4. The molecule has 3 aromatic rings. The van der Waals surface area contributed by atoms with Crippen LogP contribution in [0.5, 0.6) is 0 Å². The minimum atomic E-state index is -0.923. The second kappa shape index (κ2) is 9.76. The predicted octanol–water partition coefficient (Wildman–Crippen LogP) is 4.43. The summed E-state index contributed by atoms with van der Waals surface area (Å²) in [7, 11) is 0. The van der Waals surface area contributed by atoms with Crippen molar-refractivity contribution in [3.05, 3.63) is 57.6 Å². The molecule has 1 saturated heterocycles. The predicted molar refractivity (Wildman–Crippen MR) is 138 cm³/mol. The van der Waals surface area contributed by atoms with E-state index >= 15 is 0 Å². The first-order valence-corrected chi connectivity index (χ1v) is 13.1. The van der Waals surface area contributed by atoms with Gasteiger partial charge in [0.15, 0.2) is 4.34 Å². The number of carbonyl (C=O) groups excluding carboxylic acids is 3. The van der Waals surface area contributed by atoms with E-state index in [2.05, 4.69) is 4.98 Å². The number of rotatable bonds is 6. The molecule has 3 amide bonds. The summed E-state index contributed by atoms with van der Waals surface area (Å²) in [5.41, 5.74) is 6.07. The maximum Gasteiger partial charge on any atom is 0.283 e. The number of nitrogens with two attached hydrogens (primary N) is 1. The van der Waals surface area contributed by atoms with Gasteiger partial charge in [0.25, 0.3) is 11.6 Å². The lowest BCUT2D eigenvalue weighted by Crippen LogP contribution is -2.30. The normalized spacial score (nSPS) is 19.6. The van der Waals surface area contributed by atoms with E-state index < -0.39 is 10.8 Å². The summed E-state index contributed by atoms with van der Waals surface area (Å²) in [4.78, 5) is 54.6. The van der Waals surface area contributed by atoms with Gasteiger partial charge in [0.1, 0.15) is 11.6 Å². The molecule has 1 aliphatic heterocycles.